The molecule has 1 aliphatic carbocycles. The molecule has 3 nitrogen and oxygen atoms in total. The fraction of sp³-hybridized carbons (Fsp3) is 0.625. The maximum Gasteiger partial charge on any atom is 0.498 e. The van der Waals surface area contributed by atoms with Gasteiger partial charge in [-0.25, -0.2) is 8.78 Å². The van der Waals surface area contributed by atoms with Crippen LogP contribution in [0.2, 0.25) is 0 Å². The summed E-state index contributed by atoms with van der Waals surface area (Å²) in [4.78, 5) is 0. The Balaban J connectivity index is 1.89. The molecule has 0 N–H and O–H groups in total. The molecular formula is C16H21BF2O3. The number of benzene rings is 1. The smallest absolute Gasteiger partial charge is 0.494 e. The number of rotatable bonds is 4. The van der Waals surface area contributed by atoms with E-state index in [0.717, 1.165) is 25.0 Å². The molecule has 6 heteroatoms. The summed E-state index contributed by atoms with van der Waals surface area (Å²) in [5.74, 6) is -1.04. The van der Waals surface area contributed by atoms with Crippen molar-refractivity contribution in [3.63, 3.8) is 0 Å². The third-order valence-electron chi connectivity index (χ3n) is 4.73. The van der Waals surface area contributed by atoms with E-state index in [9.17, 15) is 8.78 Å². The van der Waals surface area contributed by atoms with Crippen LogP contribution in [0.25, 0.3) is 0 Å². The first-order valence-corrected chi connectivity index (χ1v) is 7.67. The number of hydrogen-bond donors (Lipinski definition) is 0. The predicted molar refractivity (Wildman–Crippen MR) is 80.3 cm³/mol. The van der Waals surface area contributed by atoms with E-state index in [1.165, 1.54) is 0 Å². The van der Waals surface area contributed by atoms with Crippen LogP contribution in [0.15, 0.2) is 12.1 Å². The molecule has 0 radical (unpaired) electrons. The van der Waals surface area contributed by atoms with Gasteiger partial charge in [-0.05, 0) is 52.5 Å². The van der Waals surface area contributed by atoms with Gasteiger partial charge in [-0.15, -0.1) is 0 Å². The summed E-state index contributed by atoms with van der Waals surface area (Å²) in [5.41, 5.74) is -0.690. The fourth-order valence-electron chi connectivity index (χ4n) is 2.32. The van der Waals surface area contributed by atoms with Gasteiger partial charge in [-0.1, -0.05) is 0 Å². The Morgan fingerprint density at radius 1 is 1.09 bits per heavy atom. The number of hydrogen-bond acceptors (Lipinski definition) is 3. The van der Waals surface area contributed by atoms with Gasteiger partial charge in [0.05, 0.1) is 17.8 Å². The van der Waals surface area contributed by atoms with E-state index < -0.39 is 30.0 Å². The second kappa shape index (κ2) is 5.20. The summed E-state index contributed by atoms with van der Waals surface area (Å²) < 4.78 is 44.7. The first-order chi connectivity index (χ1) is 10.2. The molecule has 0 atom stereocenters. The first kappa shape index (κ1) is 15.7. The summed E-state index contributed by atoms with van der Waals surface area (Å²) in [5, 5.41) is 0. The van der Waals surface area contributed by atoms with E-state index >= 15 is 0 Å². The van der Waals surface area contributed by atoms with Crippen LogP contribution in [0.4, 0.5) is 8.78 Å². The molecule has 1 aliphatic heterocycles. The molecule has 1 saturated heterocycles. The van der Waals surface area contributed by atoms with Crippen LogP contribution in [0.1, 0.15) is 40.5 Å². The standard InChI is InChI=1S/C16H21BF2O3/c1-15(2)16(3,4)22-17(21-15)11-7-12(18)13(19)8-14(11)20-9-10-5-6-10/h7-8,10H,5-6,9H2,1-4H3. The molecule has 2 fully saturated rings. The minimum Gasteiger partial charge on any atom is -0.494 e. The van der Waals surface area contributed by atoms with Crippen molar-refractivity contribution < 1.29 is 22.8 Å². The van der Waals surface area contributed by atoms with E-state index in [4.69, 9.17) is 14.0 Å². The normalized spacial score (nSPS) is 22.9. The Bertz CT molecular complexity index is 569. The van der Waals surface area contributed by atoms with Crippen LogP contribution in [0, 0.1) is 17.6 Å². The van der Waals surface area contributed by atoms with Gasteiger partial charge < -0.3 is 14.0 Å². The molecule has 120 valence electrons. The van der Waals surface area contributed by atoms with Gasteiger partial charge >= 0.3 is 7.12 Å². The zero-order valence-electron chi connectivity index (χ0n) is 13.4. The summed E-state index contributed by atoms with van der Waals surface area (Å²) in [6.07, 6.45) is 2.24. The Morgan fingerprint density at radius 2 is 1.64 bits per heavy atom. The zero-order valence-corrected chi connectivity index (χ0v) is 13.4. The van der Waals surface area contributed by atoms with Crippen LogP contribution in [0.5, 0.6) is 5.75 Å². The Hall–Kier alpha value is -1.14. The minimum atomic E-state index is -0.927. The van der Waals surface area contributed by atoms with E-state index in [-0.39, 0.29) is 0 Å². The molecule has 0 amide bonds. The Labute approximate surface area is 130 Å². The molecule has 0 bridgehead atoms. The van der Waals surface area contributed by atoms with Gasteiger partial charge in [-0.3, -0.25) is 0 Å². The van der Waals surface area contributed by atoms with Crippen molar-refractivity contribution in [1.82, 2.24) is 0 Å². The minimum absolute atomic E-state index is 0.296. The lowest BCUT2D eigenvalue weighted by molar-refractivity contribution is 0.00578. The predicted octanol–water partition coefficient (Wildman–Crippen LogP) is 3.05. The highest BCUT2D eigenvalue weighted by Crippen LogP contribution is 2.37. The van der Waals surface area contributed by atoms with Crippen molar-refractivity contribution >= 4 is 12.6 Å². The molecule has 0 unspecified atom stereocenters. The zero-order chi connectivity index (χ0) is 16.1. The number of ether oxygens (including phenoxy) is 1. The maximum atomic E-state index is 13.7. The summed E-state index contributed by atoms with van der Waals surface area (Å²) in [7, 11) is -0.769. The van der Waals surface area contributed by atoms with Gasteiger partial charge in [-0.2, -0.15) is 0 Å². The molecular weight excluding hydrogens is 289 g/mol. The summed E-state index contributed by atoms with van der Waals surface area (Å²) >= 11 is 0. The van der Waals surface area contributed by atoms with Crippen LogP contribution in [-0.4, -0.2) is 24.9 Å². The molecule has 1 aromatic rings. The highest BCUT2D eigenvalue weighted by Gasteiger charge is 2.52. The summed E-state index contributed by atoms with van der Waals surface area (Å²) in [6.45, 7) is 8.17. The number of halogens is 2. The van der Waals surface area contributed by atoms with Gasteiger partial charge in [0, 0.05) is 11.5 Å². The van der Waals surface area contributed by atoms with E-state index in [0.29, 0.717) is 23.7 Å². The van der Waals surface area contributed by atoms with Crippen molar-refractivity contribution in [2.45, 2.75) is 51.7 Å². The van der Waals surface area contributed by atoms with Crippen molar-refractivity contribution in [1.29, 1.82) is 0 Å². The van der Waals surface area contributed by atoms with Crippen LogP contribution >= 0.6 is 0 Å². The van der Waals surface area contributed by atoms with Crippen LogP contribution < -0.4 is 10.2 Å². The SMILES string of the molecule is CC1(C)OB(c2cc(F)c(F)cc2OCC2CC2)OC1(C)C. The molecule has 3 rings (SSSR count). The van der Waals surface area contributed by atoms with Crippen LogP contribution in [0.3, 0.4) is 0 Å². The van der Waals surface area contributed by atoms with Crippen molar-refractivity contribution in [2.75, 3.05) is 6.61 Å². The van der Waals surface area contributed by atoms with Crippen LogP contribution in [-0.2, 0) is 9.31 Å². The van der Waals surface area contributed by atoms with Crippen molar-refractivity contribution in [3.8, 4) is 5.75 Å². The van der Waals surface area contributed by atoms with E-state index in [1.807, 2.05) is 27.7 Å². The highest BCUT2D eigenvalue weighted by molar-refractivity contribution is 6.63. The Kier molecular flexibility index (Phi) is 3.72. The quantitative estimate of drug-likeness (QED) is 0.800. The van der Waals surface area contributed by atoms with Gasteiger partial charge in [0.1, 0.15) is 5.75 Å². The lowest BCUT2D eigenvalue weighted by Crippen LogP contribution is -2.41. The average Bonchev–Trinajstić information content (AvgIpc) is 3.18. The third-order valence-corrected chi connectivity index (χ3v) is 4.73. The third kappa shape index (κ3) is 2.86. The Morgan fingerprint density at radius 3 is 2.18 bits per heavy atom. The van der Waals surface area contributed by atoms with Gasteiger partial charge in [0.25, 0.3) is 0 Å². The van der Waals surface area contributed by atoms with Crippen molar-refractivity contribution in [3.05, 3.63) is 23.8 Å². The molecule has 1 heterocycles. The lowest BCUT2D eigenvalue weighted by atomic mass is 9.78. The molecule has 2 aliphatic rings. The average molecular weight is 310 g/mol. The van der Waals surface area contributed by atoms with Crippen molar-refractivity contribution in [2.24, 2.45) is 5.92 Å². The topological polar surface area (TPSA) is 27.7 Å². The van der Waals surface area contributed by atoms with Gasteiger partial charge in [0.2, 0.25) is 0 Å². The second-order valence-corrected chi connectivity index (χ2v) is 7.15. The van der Waals surface area contributed by atoms with E-state index in [2.05, 4.69) is 0 Å². The molecule has 1 aromatic carbocycles. The monoisotopic (exact) mass is 310 g/mol. The molecule has 22 heavy (non-hydrogen) atoms. The first-order valence-electron chi connectivity index (χ1n) is 7.67. The fourth-order valence-corrected chi connectivity index (χ4v) is 2.32. The second-order valence-electron chi connectivity index (χ2n) is 7.15. The largest absolute Gasteiger partial charge is 0.498 e. The molecule has 0 spiro atoms. The molecule has 0 aromatic heterocycles. The maximum absolute atomic E-state index is 13.7. The van der Waals surface area contributed by atoms with Gasteiger partial charge in [0.15, 0.2) is 11.6 Å². The molecule has 1 saturated carbocycles. The van der Waals surface area contributed by atoms with E-state index in [1.54, 1.807) is 0 Å². The summed E-state index contributed by atoms with van der Waals surface area (Å²) in [6, 6.07) is 2.19. The lowest BCUT2D eigenvalue weighted by Gasteiger charge is -2.32. The highest BCUT2D eigenvalue weighted by atomic mass is 19.2.